The quantitative estimate of drug-likeness (QED) is 0.593. The van der Waals surface area contributed by atoms with E-state index in [1.54, 1.807) is 6.20 Å². The highest BCUT2D eigenvalue weighted by molar-refractivity contribution is 14.1. The monoisotopic (exact) mass is 359 g/mol. The SMILES string of the molecule is Cc1cc(Oc2ccc(I)cc2)c(CCl)cn1. The molecule has 0 atom stereocenters. The van der Waals surface area contributed by atoms with Gasteiger partial charge < -0.3 is 4.74 Å². The Bertz CT molecular complexity index is 513. The molecule has 2 aromatic rings. The van der Waals surface area contributed by atoms with E-state index < -0.39 is 0 Å². The molecule has 0 aliphatic rings. The smallest absolute Gasteiger partial charge is 0.135 e. The van der Waals surface area contributed by atoms with Crippen LogP contribution in [0.2, 0.25) is 0 Å². The van der Waals surface area contributed by atoms with Crippen molar-refractivity contribution in [1.82, 2.24) is 4.98 Å². The molecule has 0 spiro atoms. The van der Waals surface area contributed by atoms with Crippen molar-refractivity contribution in [2.45, 2.75) is 12.8 Å². The Morgan fingerprint density at radius 1 is 1.29 bits per heavy atom. The van der Waals surface area contributed by atoms with Gasteiger partial charge in [-0.1, -0.05) is 0 Å². The molecule has 1 aromatic heterocycles. The number of halogens is 2. The van der Waals surface area contributed by atoms with Gasteiger partial charge in [0.25, 0.3) is 0 Å². The van der Waals surface area contributed by atoms with E-state index in [-0.39, 0.29) is 0 Å². The molecule has 0 N–H and O–H groups in total. The first-order valence-corrected chi connectivity index (χ1v) is 6.75. The largest absolute Gasteiger partial charge is 0.457 e. The molecular formula is C13H11ClINO. The zero-order valence-corrected chi connectivity index (χ0v) is 12.2. The predicted octanol–water partition coefficient (Wildman–Crippen LogP) is 4.53. The van der Waals surface area contributed by atoms with Crippen molar-refractivity contribution in [3.63, 3.8) is 0 Å². The summed E-state index contributed by atoms with van der Waals surface area (Å²) in [6.07, 6.45) is 1.75. The fraction of sp³-hybridized carbons (Fsp3) is 0.154. The standard InChI is InChI=1S/C13H11ClINO/c1-9-6-13(10(7-14)8-16-9)17-12-4-2-11(15)3-5-12/h2-6,8H,7H2,1H3. The van der Waals surface area contributed by atoms with Crippen molar-refractivity contribution in [3.8, 4) is 11.5 Å². The van der Waals surface area contributed by atoms with Crippen LogP contribution in [0.3, 0.4) is 0 Å². The molecule has 17 heavy (non-hydrogen) atoms. The summed E-state index contributed by atoms with van der Waals surface area (Å²) in [7, 11) is 0. The maximum absolute atomic E-state index is 5.85. The molecular weight excluding hydrogens is 349 g/mol. The molecule has 1 aromatic carbocycles. The first kappa shape index (κ1) is 12.6. The van der Waals surface area contributed by atoms with Gasteiger partial charge in [-0.3, -0.25) is 4.98 Å². The Hall–Kier alpha value is -0.810. The molecule has 0 bridgehead atoms. The summed E-state index contributed by atoms with van der Waals surface area (Å²) in [6, 6.07) is 9.79. The number of hydrogen-bond donors (Lipinski definition) is 0. The number of ether oxygens (including phenoxy) is 1. The lowest BCUT2D eigenvalue weighted by Crippen LogP contribution is -1.92. The average Bonchev–Trinajstić information content (AvgIpc) is 2.32. The first-order chi connectivity index (χ1) is 8.19. The predicted molar refractivity (Wildman–Crippen MR) is 77.8 cm³/mol. The van der Waals surface area contributed by atoms with Crippen LogP contribution in [0.5, 0.6) is 11.5 Å². The van der Waals surface area contributed by atoms with Gasteiger partial charge in [-0.2, -0.15) is 0 Å². The minimum absolute atomic E-state index is 0.396. The molecule has 0 fully saturated rings. The highest BCUT2D eigenvalue weighted by Gasteiger charge is 2.05. The van der Waals surface area contributed by atoms with E-state index in [1.165, 1.54) is 3.57 Å². The van der Waals surface area contributed by atoms with Crippen LogP contribution < -0.4 is 4.74 Å². The number of aromatic nitrogens is 1. The van der Waals surface area contributed by atoms with Crippen LogP contribution in [-0.2, 0) is 5.88 Å². The Kier molecular flexibility index (Phi) is 4.23. The minimum atomic E-state index is 0.396. The molecule has 2 rings (SSSR count). The molecule has 2 nitrogen and oxygen atoms in total. The van der Waals surface area contributed by atoms with Crippen LogP contribution in [0, 0.1) is 10.5 Å². The third-order valence-electron chi connectivity index (χ3n) is 2.27. The van der Waals surface area contributed by atoms with Crippen molar-refractivity contribution in [1.29, 1.82) is 0 Å². The number of alkyl halides is 1. The van der Waals surface area contributed by atoms with E-state index in [9.17, 15) is 0 Å². The summed E-state index contributed by atoms with van der Waals surface area (Å²) in [4.78, 5) is 4.20. The molecule has 0 amide bonds. The Morgan fingerprint density at radius 3 is 2.65 bits per heavy atom. The molecule has 0 saturated heterocycles. The maximum atomic E-state index is 5.85. The molecule has 0 aliphatic carbocycles. The van der Waals surface area contributed by atoms with Crippen LogP contribution in [-0.4, -0.2) is 4.98 Å². The van der Waals surface area contributed by atoms with Crippen LogP contribution in [0.15, 0.2) is 36.5 Å². The lowest BCUT2D eigenvalue weighted by Gasteiger charge is -2.10. The number of pyridine rings is 1. The topological polar surface area (TPSA) is 22.1 Å². The van der Waals surface area contributed by atoms with E-state index in [1.807, 2.05) is 37.3 Å². The van der Waals surface area contributed by atoms with Gasteiger partial charge in [0.2, 0.25) is 0 Å². The van der Waals surface area contributed by atoms with Crippen LogP contribution in [0.25, 0.3) is 0 Å². The second-order valence-electron chi connectivity index (χ2n) is 3.62. The zero-order valence-electron chi connectivity index (χ0n) is 9.28. The van der Waals surface area contributed by atoms with Gasteiger partial charge in [0.15, 0.2) is 0 Å². The number of hydrogen-bond acceptors (Lipinski definition) is 2. The average molecular weight is 360 g/mol. The summed E-state index contributed by atoms with van der Waals surface area (Å²) < 4.78 is 6.99. The summed E-state index contributed by atoms with van der Waals surface area (Å²) in [5.74, 6) is 1.98. The number of rotatable bonds is 3. The van der Waals surface area contributed by atoms with Crippen molar-refractivity contribution >= 4 is 34.2 Å². The summed E-state index contributed by atoms with van der Waals surface area (Å²) in [5.41, 5.74) is 1.81. The maximum Gasteiger partial charge on any atom is 0.135 e. The van der Waals surface area contributed by atoms with Crippen molar-refractivity contribution in [2.24, 2.45) is 0 Å². The molecule has 0 saturated carbocycles. The Morgan fingerprint density at radius 2 is 2.00 bits per heavy atom. The molecule has 4 heteroatoms. The fourth-order valence-electron chi connectivity index (χ4n) is 1.39. The van der Waals surface area contributed by atoms with Crippen molar-refractivity contribution < 1.29 is 4.74 Å². The third-order valence-corrected chi connectivity index (χ3v) is 3.27. The zero-order chi connectivity index (χ0) is 12.3. The summed E-state index contributed by atoms with van der Waals surface area (Å²) in [5, 5.41) is 0. The number of nitrogens with zero attached hydrogens (tertiary/aromatic N) is 1. The van der Waals surface area contributed by atoms with Crippen LogP contribution in [0.1, 0.15) is 11.3 Å². The van der Waals surface area contributed by atoms with E-state index in [0.29, 0.717) is 5.88 Å². The van der Waals surface area contributed by atoms with Gasteiger partial charge in [0.05, 0.1) is 5.88 Å². The van der Waals surface area contributed by atoms with Crippen molar-refractivity contribution in [2.75, 3.05) is 0 Å². The highest BCUT2D eigenvalue weighted by atomic mass is 127. The molecule has 0 radical (unpaired) electrons. The van der Waals surface area contributed by atoms with E-state index in [2.05, 4.69) is 27.6 Å². The summed E-state index contributed by atoms with van der Waals surface area (Å²) in [6.45, 7) is 1.93. The number of benzene rings is 1. The molecule has 0 unspecified atom stereocenters. The van der Waals surface area contributed by atoms with Gasteiger partial charge in [-0.25, -0.2) is 0 Å². The van der Waals surface area contributed by atoms with Gasteiger partial charge in [-0.05, 0) is 53.8 Å². The van der Waals surface area contributed by atoms with Crippen molar-refractivity contribution in [3.05, 3.63) is 51.4 Å². The Labute approximate surface area is 119 Å². The van der Waals surface area contributed by atoms with Crippen LogP contribution in [0.4, 0.5) is 0 Å². The normalized spacial score (nSPS) is 10.3. The second-order valence-corrected chi connectivity index (χ2v) is 5.14. The van der Waals surface area contributed by atoms with Gasteiger partial charge in [0.1, 0.15) is 11.5 Å². The molecule has 1 heterocycles. The van der Waals surface area contributed by atoms with Crippen LogP contribution >= 0.6 is 34.2 Å². The third kappa shape index (κ3) is 3.33. The fourth-order valence-corrected chi connectivity index (χ4v) is 1.95. The Balaban J connectivity index is 2.28. The second kappa shape index (κ2) is 5.69. The summed E-state index contributed by atoms with van der Waals surface area (Å²) >= 11 is 8.11. The highest BCUT2D eigenvalue weighted by Crippen LogP contribution is 2.27. The number of aryl methyl sites for hydroxylation is 1. The first-order valence-electron chi connectivity index (χ1n) is 5.14. The lowest BCUT2D eigenvalue weighted by molar-refractivity contribution is 0.477. The van der Waals surface area contributed by atoms with Gasteiger partial charge in [-0.15, -0.1) is 11.6 Å². The molecule has 0 aliphatic heterocycles. The minimum Gasteiger partial charge on any atom is -0.457 e. The lowest BCUT2D eigenvalue weighted by atomic mass is 10.2. The van der Waals surface area contributed by atoms with Gasteiger partial charge >= 0.3 is 0 Å². The van der Waals surface area contributed by atoms with E-state index >= 15 is 0 Å². The van der Waals surface area contributed by atoms with E-state index in [4.69, 9.17) is 16.3 Å². The van der Waals surface area contributed by atoms with Gasteiger partial charge in [0, 0.05) is 27.1 Å². The van der Waals surface area contributed by atoms with E-state index in [0.717, 1.165) is 22.8 Å². The molecule has 88 valence electrons.